The molecule has 0 aliphatic carbocycles. The molecule has 1 heterocycles. The van der Waals surface area contributed by atoms with Crippen LogP contribution in [0.25, 0.3) is 10.1 Å². The molecule has 3 N–H and O–H groups in total. The van der Waals surface area contributed by atoms with Gasteiger partial charge in [-0.05, 0) is 35.2 Å². The van der Waals surface area contributed by atoms with Gasteiger partial charge in [0.05, 0.1) is 4.88 Å². The molecular formula is C17H14N2O2S. The Kier molecular flexibility index (Phi) is 3.89. The first-order chi connectivity index (χ1) is 10.6. The number of fused-ring (bicyclic) bond motifs is 1. The number of nitrogen functional groups attached to an aromatic ring is 1. The van der Waals surface area contributed by atoms with Gasteiger partial charge in [0.2, 0.25) is 0 Å². The molecule has 0 radical (unpaired) electrons. The molecule has 0 atom stereocenters. The highest BCUT2D eigenvalue weighted by Gasteiger charge is 2.18. The van der Waals surface area contributed by atoms with Crippen molar-refractivity contribution in [3.63, 3.8) is 0 Å². The van der Waals surface area contributed by atoms with Gasteiger partial charge in [0.15, 0.2) is 0 Å². The van der Waals surface area contributed by atoms with Gasteiger partial charge in [0.1, 0.15) is 0 Å². The SMILES string of the molecule is Nc1ccc(CNC(=O)C(=O)c2cc3ccccc3s2)cc1. The fourth-order valence-electron chi connectivity index (χ4n) is 2.10. The fraction of sp³-hybridized carbons (Fsp3) is 0.0588. The topological polar surface area (TPSA) is 72.2 Å². The Balaban J connectivity index is 1.68. The van der Waals surface area contributed by atoms with Crippen molar-refractivity contribution in [1.82, 2.24) is 5.32 Å². The number of carbonyl (C=O) groups is 2. The number of rotatable bonds is 4. The molecule has 4 nitrogen and oxygen atoms in total. The third kappa shape index (κ3) is 2.99. The summed E-state index contributed by atoms with van der Waals surface area (Å²) in [5.41, 5.74) is 7.16. The Morgan fingerprint density at radius 1 is 1.05 bits per heavy atom. The van der Waals surface area contributed by atoms with Crippen molar-refractivity contribution in [3.8, 4) is 0 Å². The number of nitrogens with one attached hydrogen (secondary N) is 1. The molecule has 0 fully saturated rings. The van der Waals surface area contributed by atoms with E-state index in [1.165, 1.54) is 11.3 Å². The van der Waals surface area contributed by atoms with Crippen molar-refractivity contribution in [1.29, 1.82) is 0 Å². The van der Waals surface area contributed by atoms with Gasteiger partial charge < -0.3 is 11.1 Å². The number of carbonyl (C=O) groups excluding carboxylic acids is 2. The van der Waals surface area contributed by atoms with E-state index < -0.39 is 11.7 Å². The van der Waals surface area contributed by atoms with Gasteiger partial charge >= 0.3 is 0 Å². The van der Waals surface area contributed by atoms with Gasteiger partial charge in [-0.25, -0.2) is 0 Å². The van der Waals surface area contributed by atoms with E-state index in [0.29, 0.717) is 17.1 Å². The van der Waals surface area contributed by atoms with Crippen molar-refractivity contribution < 1.29 is 9.59 Å². The number of hydrogen-bond donors (Lipinski definition) is 2. The number of nitrogens with two attached hydrogens (primary N) is 1. The Morgan fingerprint density at radius 3 is 2.50 bits per heavy atom. The lowest BCUT2D eigenvalue weighted by atomic mass is 10.2. The first-order valence-electron chi connectivity index (χ1n) is 6.79. The maximum Gasteiger partial charge on any atom is 0.293 e. The molecule has 110 valence electrons. The Labute approximate surface area is 131 Å². The average Bonchev–Trinajstić information content (AvgIpc) is 2.97. The smallest absolute Gasteiger partial charge is 0.293 e. The quantitative estimate of drug-likeness (QED) is 0.442. The zero-order valence-electron chi connectivity index (χ0n) is 11.7. The number of amides is 1. The van der Waals surface area contributed by atoms with Crippen molar-refractivity contribution >= 4 is 38.8 Å². The van der Waals surface area contributed by atoms with Crippen LogP contribution in [0.5, 0.6) is 0 Å². The molecule has 0 saturated carbocycles. The number of ketones is 1. The van der Waals surface area contributed by atoms with E-state index in [1.54, 1.807) is 18.2 Å². The number of benzene rings is 2. The summed E-state index contributed by atoms with van der Waals surface area (Å²) >= 11 is 1.33. The molecule has 0 bridgehead atoms. The minimum atomic E-state index is -0.594. The number of anilines is 1. The zero-order valence-corrected chi connectivity index (χ0v) is 12.5. The molecule has 0 spiro atoms. The second-order valence-electron chi connectivity index (χ2n) is 4.90. The Morgan fingerprint density at radius 2 is 1.77 bits per heavy atom. The van der Waals surface area contributed by atoms with Crippen LogP contribution in [-0.4, -0.2) is 11.7 Å². The fourth-order valence-corrected chi connectivity index (χ4v) is 3.10. The van der Waals surface area contributed by atoms with E-state index in [1.807, 2.05) is 36.4 Å². The lowest BCUT2D eigenvalue weighted by Crippen LogP contribution is -2.30. The van der Waals surface area contributed by atoms with Gasteiger partial charge in [0.25, 0.3) is 11.7 Å². The standard InChI is InChI=1S/C17H14N2O2S/c18-13-7-5-11(6-8-13)10-19-17(21)16(20)15-9-12-3-1-2-4-14(12)22-15/h1-9H,10,18H2,(H,19,21). The van der Waals surface area contributed by atoms with Gasteiger partial charge in [-0.15, -0.1) is 11.3 Å². The normalized spacial score (nSPS) is 10.5. The van der Waals surface area contributed by atoms with Gasteiger partial charge in [-0.3, -0.25) is 9.59 Å². The maximum atomic E-state index is 12.2. The highest BCUT2D eigenvalue weighted by atomic mass is 32.1. The first kappa shape index (κ1) is 14.3. The largest absolute Gasteiger partial charge is 0.399 e. The molecule has 5 heteroatoms. The van der Waals surface area contributed by atoms with Gasteiger partial charge in [0, 0.05) is 16.9 Å². The van der Waals surface area contributed by atoms with Crippen LogP contribution in [0.15, 0.2) is 54.6 Å². The third-order valence-corrected chi connectivity index (χ3v) is 4.40. The van der Waals surface area contributed by atoms with Crippen LogP contribution in [0.2, 0.25) is 0 Å². The van der Waals surface area contributed by atoms with E-state index in [4.69, 9.17) is 5.73 Å². The van der Waals surface area contributed by atoms with Crippen LogP contribution in [0.1, 0.15) is 15.2 Å². The summed E-state index contributed by atoms with van der Waals surface area (Å²) in [6.07, 6.45) is 0. The molecule has 0 aliphatic rings. The van der Waals surface area contributed by atoms with Crippen molar-refractivity contribution in [3.05, 3.63) is 65.0 Å². The van der Waals surface area contributed by atoms with Crippen LogP contribution in [0, 0.1) is 0 Å². The van der Waals surface area contributed by atoms with E-state index in [0.717, 1.165) is 15.6 Å². The summed E-state index contributed by atoms with van der Waals surface area (Å²) < 4.78 is 0.997. The van der Waals surface area contributed by atoms with E-state index in [9.17, 15) is 9.59 Å². The minimum absolute atomic E-state index is 0.301. The van der Waals surface area contributed by atoms with Crippen LogP contribution in [0.3, 0.4) is 0 Å². The lowest BCUT2D eigenvalue weighted by molar-refractivity contribution is -0.117. The molecule has 22 heavy (non-hydrogen) atoms. The summed E-state index contributed by atoms with van der Waals surface area (Å²) in [5, 5.41) is 3.61. The summed E-state index contributed by atoms with van der Waals surface area (Å²) in [6, 6.07) is 16.6. The van der Waals surface area contributed by atoms with E-state index in [2.05, 4.69) is 5.32 Å². The zero-order chi connectivity index (χ0) is 15.5. The van der Waals surface area contributed by atoms with E-state index in [-0.39, 0.29) is 0 Å². The summed E-state index contributed by atoms with van der Waals surface area (Å²) in [4.78, 5) is 24.6. The molecule has 1 aromatic heterocycles. The molecule has 3 aromatic rings. The average molecular weight is 310 g/mol. The third-order valence-electron chi connectivity index (χ3n) is 3.29. The number of hydrogen-bond acceptors (Lipinski definition) is 4. The molecule has 0 unspecified atom stereocenters. The van der Waals surface area contributed by atoms with Crippen molar-refractivity contribution in [2.24, 2.45) is 0 Å². The summed E-state index contributed by atoms with van der Waals surface area (Å²) in [7, 11) is 0. The molecule has 1 amide bonds. The van der Waals surface area contributed by atoms with Crippen LogP contribution in [0.4, 0.5) is 5.69 Å². The van der Waals surface area contributed by atoms with Gasteiger partial charge in [-0.1, -0.05) is 30.3 Å². The molecule has 0 aliphatic heterocycles. The molecule has 3 rings (SSSR count). The predicted molar refractivity (Wildman–Crippen MR) is 88.9 cm³/mol. The first-order valence-corrected chi connectivity index (χ1v) is 7.60. The van der Waals surface area contributed by atoms with Crippen LogP contribution >= 0.6 is 11.3 Å². The van der Waals surface area contributed by atoms with Crippen LogP contribution < -0.4 is 11.1 Å². The highest BCUT2D eigenvalue weighted by Crippen LogP contribution is 2.25. The lowest BCUT2D eigenvalue weighted by Gasteiger charge is -2.04. The van der Waals surface area contributed by atoms with Crippen molar-refractivity contribution in [2.75, 3.05) is 5.73 Å². The monoisotopic (exact) mass is 310 g/mol. The summed E-state index contributed by atoms with van der Waals surface area (Å²) in [5.74, 6) is -1.10. The number of Topliss-reactive ketones (excluding diaryl/α,β-unsaturated/α-hetero) is 1. The molecule has 0 saturated heterocycles. The maximum absolute atomic E-state index is 12.2. The minimum Gasteiger partial charge on any atom is -0.399 e. The Bertz CT molecular complexity index is 804. The molecule has 2 aromatic carbocycles. The highest BCUT2D eigenvalue weighted by molar-refractivity contribution is 7.21. The van der Waals surface area contributed by atoms with Gasteiger partial charge in [-0.2, -0.15) is 0 Å². The van der Waals surface area contributed by atoms with Crippen molar-refractivity contribution in [2.45, 2.75) is 6.54 Å². The number of thiophene rings is 1. The van der Waals surface area contributed by atoms with E-state index >= 15 is 0 Å². The Hall–Kier alpha value is -2.66. The predicted octanol–water partition coefficient (Wildman–Crippen LogP) is 2.98. The second kappa shape index (κ2) is 5.99. The second-order valence-corrected chi connectivity index (χ2v) is 5.99. The summed E-state index contributed by atoms with van der Waals surface area (Å²) in [6.45, 7) is 0.301. The molecular weight excluding hydrogens is 296 g/mol. The van der Waals surface area contributed by atoms with Crippen LogP contribution in [-0.2, 0) is 11.3 Å².